The summed E-state index contributed by atoms with van der Waals surface area (Å²) in [6.07, 6.45) is 6.73. The van der Waals surface area contributed by atoms with Gasteiger partial charge in [0.25, 0.3) is 5.91 Å². The number of fused-ring (bicyclic) bond motifs is 1. The SMILES string of the molecule is Cc1cnc2cc(C(=O)N3CCC([C@@H]4CC[C@H](C(N)=O)O4)CC3)ccn12. The van der Waals surface area contributed by atoms with Gasteiger partial charge in [-0.25, -0.2) is 4.98 Å². The Morgan fingerprint density at radius 3 is 2.69 bits per heavy atom. The first-order valence-electron chi connectivity index (χ1n) is 9.20. The van der Waals surface area contributed by atoms with E-state index in [4.69, 9.17) is 10.5 Å². The average molecular weight is 356 g/mol. The van der Waals surface area contributed by atoms with Gasteiger partial charge in [-0.2, -0.15) is 0 Å². The molecule has 7 heteroatoms. The maximum absolute atomic E-state index is 12.8. The highest BCUT2D eigenvalue weighted by molar-refractivity contribution is 5.95. The summed E-state index contributed by atoms with van der Waals surface area (Å²) in [5, 5.41) is 0. The normalized spacial score (nSPS) is 24.3. The molecule has 26 heavy (non-hydrogen) atoms. The molecule has 0 radical (unpaired) electrons. The Balaban J connectivity index is 1.38. The molecule has 2 aromatic heterocycles. The first kappa shape index (κ1) is 17.0. The largest absolute Gasteiger partial charge is 0.367 e. The molecule has 2 amide bonds. The number of aryl methyl sites for hydroxylation is 1. The molecule has 2 N–H and O–H groups in total. The van der Waals surface area contributed by atoms with Crippen LogP contribution in [-0.2, 0) is 9.53 Å². The number of primary amides is 1. The summed E-state index contributed by atoms with van der Waals surface area (Å²) in [6.45, 7) is 3.41. The van der Waals surface area contributed by atoms with Crippen LogP contribution in [0.25, 0.3) is 5.65 Å². The molecule has 0 aromatic carbocycles. The third-order valence-electron chi connectivity index (χ3n) is 5.67. The second-order valence-electron chi connectivity index (χ2n) is 7.32. The number of nitrogens with zero attached hydrogens (tertiary/aromatic N) is 3. The highest BCUT2D eigenvalue weighted by Crippen LogP contribution is 2.32. The Labute approximate surface area is 152 Å². The van der Waals surface area contributed by atoms with Gasteiger partial charge in [0.05, 0.1) is 6.10 Å². The van der Waals surface area contributed by atoms with E-state index < -0.39 is 6.10 Å². The van der Waals surface area contributed by atoms with Gasteiger partial charge in [-0.3, -0.25) is 9.59 Å². The zero-order valence-electron chi connectivity index (χ0n) is 14.9. The lowest BCUT2D eigenvalue weighted by Gasteiger charge is -2.34. The van der Waals surface area contributed by atoms with Gasteiger partial charge in [0, 0.05) is 36.7 Å². The number of imidazole rings is 1. The quantitative estimate of drug-likeness (QED) is 0.903. The third kappa shape index (κ3) is 3.07. The van der Waals surface area contributed by atoms with Crippen molar-refractivity contribution in [1.29, 1.82) is 0 Å². The van der Waals surface area contributed by atoms with Gasteiger partial charge in [-0.05, 0) is 50.7 Å². The van der Waals surface area contributed by atoms with Crippen molar-refractivity contribution in [3.63, 3.8) is 0 Å². The summed E-state index contributed by atoms with van der Waals surface area (Å²) in [5.74, 6) is 0.0690. The predicted molar refractivity (Wildman–Crippen MR) is 95.6 cm³/mol. The van der Waals surface area contributed by atoms with Gasteiger partial charge in [0.1, 0.15) is 11.8 Å². The monoisotopic (exact) mass is 356 g/mol. The molecular weight excluding hydrogens is 332 g/mol. The number of ether oxygens (including phenoxy) is 1. The summed E-state index contributed by atoms with van der Waals surface area (Å²) in [7, 11) is 0. The van der Waals surface area contributed by atoms with Crippen molar-refractivity contribution < 1.29 is 14.3 Å². The first-order chi connectivity index (χ1) is 12.5. The third-order valence-corrected chi connectivity index (χ3v) is 5.67. The summed E-state index contributed by atoms with van der Waals surface area (Å²) in [6, 6.07) is 3.70. The van der Waals surface area contributed by atoms with Crippen molar-refractivity contribution in [3.05, 3.63) is 35.8 Å². The summed E-state index contributed by atoms with van der Waals surface area (Å²) >= 11 is 0. The minimum atomic E-state index is -0.440. The number of hydrogen-bond acceptors (Lipinski definition) is 4. The summed E-state index contributed by atoms with van der Waals surface area (Å²) in [4.78, 5) is 30.3. The van der Waals surface area contributed by atoms with E-state index in [9.17, 15) is 9.59 Å². The van der Waals surface area contributed by atoms with Crippen LogP contribution in [0.3, 0.4) is 0 Å². The molecule has 7 nitrogen and oxygen atoms in total. The van der Waals surface area contributed by atoms with Crippen molar-refractivity contribution in [2.45, 2.75) is 44.8 Å². The lowest BCUT2D eigenvalue weighted by Crippen LogP contribution is -2.41. The van der Waals surface area contributed by atoms with E-state index in [0.717, 1.165) is 30.6 Å². The maximum Gasteiger partial charge on any atom is 0.254 e. The van der Waals surface area contributed by atoms with Crippen molar-refractivity contribution in [1.82, 2.24) is 14.3 Å². The van der Waals surface area contributed by atoms with Crippen LogP contribution in [0.5, 0.6) is 0 Å². The molecule has 138 valence electrons. The maximum atomic E-state index is 12.8. The van der Waals surface area contributed by atoms with E-state index in [2.05, 4.69) is 4.98 Å². The van der Waals surface area contributed by atoms with Crippen LogP contribution in [0.1, 0.15) is 41.7 Å². The molecule has 0 bridgehead atoms. The van der Waals surface area contributed by atoms with Crippen molar-refractivity contribution in [3.8, 4) is 0 Å². The molecule has 2 atom stereocenters. The predicted octanol–water partition coefficient (Wildman–Crippen LogP) is 1.53. The minimum absolute atomic E-state index is 0.0500. The number of aromatic nitrogens is 2. The van der Waals surface area contributed by atoms with Crippen LogP contribution in [0, 0.1) is 12.8 Å². The summed E-state index contributed by atoms with van der Waals surface area (Å²) < 4.78 is 7.77. The number of piperidine rings is 1. The second kappa shape index (κ2) is 6.72. The van der Waals surface area contributed by atoms with Crippen LogP contribution in [0.15, 0.2) is 24.5 Å². The molecule has 2 aliphatic rings. The standard InChI is InChI=1S/C19H24N4O3/c1-12-11-21-17-10-14(6-9-23(12)17)19(25)22-7-4-13(5-8-22)15-2-3-16(26-15)18(20)24/h6,9-11,13,15-16H,2-5,7-8H2,1H3,(H2,20,24)/t15-,16+/m0/s1. The van der Waals surface area contributed by atoms with Gasteiger partial charge in [-0.15, -0.1) is 0 Å². The molecule has 4 rings (SSSR count). The fraction of sp³-hybridized carbons (Fsp3) is 0.526. The van der Waals surface area contributed by atoms with Crippen LogP contribution in [0.2, 0.25) is 0 Å². The zero-order chi connectivity index (χ0) is 18.3. The molecule has 0 spiro atoms. The van der Waals surface area contributed by atoms with E-state index in [1.54, 1.807) is 6.20 Å². The van der Waals surface area contributed by atoms with E-state index in [0.29, 0.717) is 31.0 Å². The van der Waals surface area contributed by atoms with Crippen LogP contribution in [0.4, 0.5) is 0 Å². The Bertz CT molecular complexity index is 838. The molecule has 0 aliphatic carbocycles. The number of pyridine rings is 1. The number of nitrogens with two attached hydrogens (primary N) is 1. The molecule has 2 saturated heterocycles. The molecular formula is C19H24N4O3. The Kier molecular flexibility index (Phi) is 4.40. The van der Waals surface area contributed by atoms with Gasteiger partial charge in [-0.1, -0.05) is 0 Å². The highest BCUT2D eigenvalue weighted by Gasteiger charge is 2.36. The number of carbonyl (C=O) groups is 2. The van der Waals surface area contributed by atoms with Crippen LogP contribution >= 0.6 is 0 Å². The smallest absolute Gasteiger partial charge is 0.254 e. The molecule has 4 heterocycles. The highest BCUT2D eigenvalue weighted by atomic mass is 16.5. The fourth-order valence-corrected chi connectivity index (χ4v) is 4.12. The van der Waals surface area contributed by atoms with Crippen LogP contribution in [-0.4, -0.2) is 51.4 Å². The Hall–Kier alpha value is -2.41. The lowest BCUT2D eigenvalue weighted by molar-refractivity contribution is -0.130. The first-order valence-corrected chi connectivity index (χ1v) is 9.20. The number of rotatable bonds is 3. The lowest BCUT2D eigenvalue weighted by atomic mass is 9.89. The zero-order valence-corrected chi connectivity index (χ0v) is 14.9. The molecule has 2 aromatic rings. The van der Waals surface area contributed by atoms with E-state index in [1.807, 2.05) is 34.6 Å². The van der Waals surface area contributed by atoms with Crippen molar-refractivity contribution in [2.75, 3.05) is 13.1 Å². The van der Waals surface area contributed by atoms with Crippen molar-refractivity contribution in [2.24, 2.45) is 11.7 Å². The molecule has 0 unspecified atom stereocenters. The number of amides is 2. The fourth-order valence-electron chi connectivity index (χ4n) is 4.12. The minimum Gasteiger partial charge on any atom is -0.367 e. The van der Waals surface area contributed by atoms with Gasteiger partial charge < -0.3 is 19.8 Å². The van der Waals surface area contributed by atoms with Crippen molar-refractivity contribution >= 4 is 17.5 Å². The number of likely N-dealkylation sites (tertiary alicyclic amines) is 1. The van der Waals surface area contributed by atoms with Crippen LogP contribution < -0.4 is 5.73 Å². The second-order valence-corrected chi connectivity index (χ2v) is 7.32. The summed E-state index contributed by atoms with van der Waals surface area (Å²) in [5.41, 5.74) is 7.85. The van der Waals surface area contributed by atoms with Gasteiger partial charge in [0.15, 0.2) is 0 Å². The topological polar surface area (TPSA) is 89.9 Å². The Morgan fingerprint density at radius 2 is 2.00 bits per heavy atom. The Morgan fingerprint density at radius 1 is 1.23 bits per heavy atom. The molecule has 2 fully saturated rings. The van der Waals surface area contributed by atoms with E-state index >= 15 is 0 Å². The van der Waals surface area contributed by atoms with Gasteiger partial charge in [0.2, 0.25) is 5.91 Å². The van der Waals surface area contributed by atoms with E-state index in [1.165, 1.54) is 0 Å². The average Bonchev–Trinajstić information content (AvgIpc) is 3.29. The number of carbonyl (C=O) groups excluding carboxylic acids is 2. The molecule has 2 aliphatic heterocycles. The van der Waals surface area contributed by atoms with Gasteiger partial charge >= 0.3 is 0 Å². The molecule has 0 saturated carbocycles. The van der Waals surface area contributed by atoms with E-state index in [-0.39, 0.29) is 17.9 Å². The number of hydrogen-bond donors (Lipinski definition) is 1.